The zero-order chi connectivity index (χ0) is 11.3. The van der Waals surface area contributed by atoms with Crippen LogP contribution in [0.15, 0.2) is 34.7 Å². The lowest BCUT2D eigenvalue weighted by Gasteiger charge is -2.13. The van der Waals surface area contributed by atoms with Gasteiger partial charge in [-0.05, 0) is 45.2 Å². The first-order valence-corrected chi connectivity index (χ1v) is 6.00. The molecule has 0 aliphatic carbocycles. The van der Waals surface area contributed by atoms with Crippen LogP contribution in [0.4, 0.5) is 0 Å². The molecule has 2 heteroatoms. The van der Waals surface area contributed by atoms with E-state index in [4.69, 9.17) is 0 Å². The lowest BCUT2D eigenvalue weighted by atomic mass is 10.1. The van der Waals surface area contributed by atoms with Crippen LogP contribution in [-0.4, -0.2) is 10.5 Å². The zero-order valence-electron chi connectivity index (χ0n) is 9.95. The van der Waals surface area contributed by atoms with E-state index in [1.165, 1.54) is 11.3 Å². The van der Waals surface area contributed by atoms with Crippen molar-refractivity contribution in [3.8, 4) is 0 Å². The molecule has 0 aliphatic heterocycles. The summed E-state index contributed by atoms with van der Waals surface area (Å²) < 4.78 is 4.73. The van der Waals surface area contributed by atoms with Crippen molar-refractivity contribution < 1.29 is 0 Å². The van der Waals surface area contributed by atoms with Gasteiger partial charge in [0.15, 0.2) is 0 Å². The lowest BCUT2D eigenvalue weighted by Crippen LogP contribution is -2.06. The largest absolute Gasteiger partial charge is 0.225 e. The minimum absolute atomic E-state index is 0.206. The van der Waals surface area contributed by atoms with Crippen LogP contribution in [0.2, 0.25) is 0 Å². The van der Waals surface area contributed by atoms with Gasteiger partial charge in [0.05, 0.1) is 0 Å². The van der Waals surface area contributed by atoms with Crippen molar-refractivity contribution in [1.29, 1.82) is 0 Å². The first-order chi connectivity index (χ1) is 6.97. The fourth-order valence-electron chi connectivity index (χ4n) is 1.14. The summed E-state index contributed by atoms with van der Waals surface area (Å²) in [6.07, 6.45) is 0.948. The predicted octanol–water partition coefficient (Wildman–Crippen LogP) is 4.14. The van der Waals surface area contributed by atoms with Gasteiger partial charge in [-0.25, -0.2) is 4.40 Å². The van der Waals surface area contributed by atoms with E-state index in [0.29, 0.717) is 0 Å². The van der Waals surface area contributed by atoms with Crippen LogP contribution in [0.3, 0.4) is 0 Å². The third-order valence-corrected chi connectivity index (χ3v) is 2.73. The molecule has 0 N–H and O–H groups in total. The second kappa shape index (κ2) is 5.36. The summed E-state index contributed by atoms with van der Waals surface area (Å²) in [5.41, 5.74) is 2.51. The minimum atomic E-state index is 0.206. The Kier molecular flexibility index (Phi) is 4.40. The standard InChI is InChI=1S/C13H19NS/c1-11(14-15-13(2,3)4)10-12-8-6-5-7-9-12/h5-9H,10H2,1-4H3/b14-11+. The van der Waals surface area contributed by atoms with Gasteiger partial charge >= 0.3 is 0 Å². The fraction of sp³-hybridized carbons (Fsp3) is 0.462. The normalized spacial score (nSPS) is 12.9. The topological polar surface area (TPSA) is 12.4 Å². The highest BCUT2D eigenvalue weighted by atomic mass is 32.2. The van der Waals surface area contributed by atoms with E-state index in [-0.39, 0.29) is 4.75 Å². The Morgan fingerprint density at radius 3 is 2.33 bits per heavy atom. The minimum Gasteiger partial charge on any atom is -0.225 e. The van der Waals surface area contributed by atoms with Crippen LogP contribution < -0.4 is 0 Å². The molecule has 0 heterocycles. The number of nitrogens with zero attached hydrogens (tertiary/aromatic N) is 1. The molecule has 0 atom stereocenters. The first kappa shape index (κ1) is 12.3. The summed E-state index contributed by atoms with van der Waals surface area (Å²) in [4.78, 5) is 0. The van der Waals surface area contributed by atoms with Crippen LogP contribution in [-0.2, 0) is 6.42 Å². The van der Waals surface area contributed by atoms with Crippen molar-refractivity contribution in [3.63, 3.8) is 0 Å². The molecular weight excluding hydrogens is 202 g/mol. The van der Waals surface area contributed by atoms with Crippen LogP contribution in [0.5, 0.6) is 0 Å². The highest BCUT2D eigenvalue weighted by Crippen LogP contribution is 2.24. The van der Waals surface area contributed by atoms with Crippen molar-refractivity contribution in [2.45, 2.75) is 38.9 Å². The molecule has 0 amide bonds. The Bertz CT molecular complexity index is 322. The quantitative estimate of drug-likeness (QED) is 0.552. The predicted molar refractivity (Wildman–Crippen MR) is 70.6 cm³/mol. The van der Waals surface area contributed by atoms with Crippen LogP contribution in [0, 0.1) is 0 Å². The molecule has 0 fully saturated rings. The summed E-state index contributed by atoms with van der Waals surface area (Å²) >= 11 is 1.65. The van der Waals surface area contributed by atoms with Gasteiger partial charge in [-0.15, -0.1) is 0 Å². The summed E-state index contributed by atoms with van der Waals surface area (Å²) in [6, 6.07) is 10.5. The van der Waals surface area contributed by atoms with E-state index in [1.807, 2.05) is 6.07 Å². The Balaban J connectivity index is 2.53. The summed E-state index contributed by atoms with van der Waals surface area (Å²) in [7, 11) is 0. The monoisotopic (exact) mass is 221 g/mol. The Morgan fingerprint density at radius 1 is 1.20 bits per heavy atom. The maximum absolute atomic E-state index is 4.52. The van der Waals surface area contributed by atoms with Gasteiger partial charge in [0, 0.05) is 16.9 Å². The molecule has 0 saturated heterocycles. The SMILES string of the molecule is C/C(Cc1ccccc1)=N\SC(C)(C)C. The van der Waals surface area contributed by atoms with E-state index in [2.05, 4.69) is 56.4 Å². The maximum atomic E-state index is 4.52. The van der Waals surface area contributed by atoms with Crippen LogP contribution in [0.25, 0.3) is 0 Å². The molecule has 0 bridgehead atoms. The molecular formula is C13H19NS. The number of benzene rings is 1. The van der Waals surface area contributed by atoms with Gasteiger partial charge < -0.3 is 0 Å². The van der Waals surface area contributed by atoms with E-state index in [1.54, 1.807) is 11.9 Å². The summed E-state index contributed by atoms with van der Waals surface area (Å²) in [5, 5.41) is 0. The Hall–Kier alpha value is -0.760. The Morgan fingerprint density at radius 2 is 1.80 bits per heavy atom. The molecule has 0 saturated carbocycles. The molecule has 0 aliphatic rings. The van der Waals surface area contributed by atoms with E-state index in [0.717, 1.165) is 6.42 Å². The zero-order valence-corrected chi connectivity index (χ0v) is 10.8. The molecule has 82 valence electrons. The third-order valence-electron chi connectivity index (χ3n) is 1.78. The van der Waals surface area contributed by atoms with Gasteiger partial charge in [-0.3, -0.25) is 0 Å². The van der Waals surface area contributed by atoms with Crippen molar-refractivity contribution >= 4 is 17.7 Å². The van der Waals surface area contributed by atoms with Crippen LogP contribution >= 0.6 is 11.9 Å². The molecule has 0 aromatic heterocycles. The highest BCUT2D eigenvalue weighted by Gasteiger charge is 2.09. The fourth-order valence-corrected chi connectivity index (χ4v) is 1.63. The van der Waals surface area contributed by atoms with Crippen molar-refractivity contribution in [1.82, 2.24) is 0 Å². The molecule has 15 heavy (non-hydrogen) atoms. The highest BCUT2D eigenvalue weighted by molar-refractivity contribution is 7.99. The van der Waals surface area contributed by atoms with Gasteiger partial charge in [-0.2, -0.15) is 0 Å². The molecule has 1 aromatic rings. The number of rotatable bonds is 3. The second-order valence-corrected chi connectivity index (χ2v) is 6.28. The maximum Gasteiger partial charge on any atom is 0.0294 e. The van der Waals surface area contributed by atoms with E-state index >= 15 is 0 Å². The van der Waals surface area contributed by atoms with Gasteiger partial charge in [0.2, 0.25) is 0 Å². The lowest BCUT2D eigenvalue weighted by molar-refractivity contribution is 0.804. The average Bonchev–Trinajstić information content (AvgIpc) is 2.15. The number of hydrogen-bond acceptors (Lipinski definition) is 2. The molecule has 0 spiro atoms. The second-order valence-electron chi connectivity index (χ2n) is 4.69. The number of hydrogen-bond donors (Lipinski definition) is 0. The van der Waals surface area contributed by atoms with E-state index in [9.17, 15) is 0 Å². The molecule has 1 aromatic carbocycles. The van der Waals surface area contributed by atoms with Crippen molar-refractivity contribution in [2.24, 2.45) is 4.40 Å². The molecule has 0 radical (unpaired) electrons. The summed E-state index contributed by atoms with van der Waals surface area (Å²) in [6.45, 7) is 8.62. The molecule has 1 rings (SSSR count). The molecule has 0 unspecified atom stereocenters. The van der Waals surface area contributed by atoms with E-state index < -0.39 is 0 Å². The van der Waals surface area contributed by atoms with Gasteiger partial charge in [0.25, 0.3) is 0 Å². The molecule has 1 nitrogen and oxygen atoms in total. The summed E-state index contributed by atoms with van der Waals surface area (Å²) in [5.74, 6) is 0. The average molecular weight is 221 g/mol. The van der Waals surface area contributed by atoms with Crippen molar-refractivity contribution in [3.05, 3.63) is 35.9 Å². The van der Waals surface area contributed by atoms with Crippen LogP contribution in [0.1, 0.15) is 33.3 Å². The Labute approximate surface area is 97.1 Å². The van der Waals surface area contributed by atoms with Gasteiger partial charge in [0.1, 0.15) is 0 Å². The smallest absolute Gasteiger partial charge is 0.0294 e. The van der Waals surface area contributed by atoms with Gasteiger partial charge in [-0.1, -0.05) is 30.3 Å². The third kappa shape index (κ3) is 5.63. The first-order valence-electron chi connectivity index (χ1n) is 5.23. The van der Waals surface area contributed by atoms with Crippen molar-refractivity contribution in [2.75, 3.05) is 0 Å².